The number of hydrogen-bond acceptors (Lipinski definition) is 2. The molecule has 2 heterocycles. The number of aromatic nitrogens is 3. The lowest BCUT2D eigenvalue weighted by Crippen LogP contribution is -1.94. The van der Waals surface area contributed by atoms with Crippen molar-refractivity contribution in [3.63, 3.8) is 0 Å². The largest absolute Gasteiger partial charge is 0.290 e. The van der Waals surface area contributed by atoms with Gasteiger partial charge < -0.3 is 0 Å². The van der Waals surface area contributed by atoms with Crippen molar-refractivity contribution in [2.45, 2.75) is 13.3 Å². The Kier molecular flexibility index (Phi) is 1.84. The summed E-state index contributed by atoms with van der Waals surface area (Å²) in [5.74, 6) is 0.759. The molecule has 0 spiro atoms. The van der Waals surface area contributed by atoms with E-state index in [4.69, 9.17) is 0 Å². The van der Waals surface area contributed by atoms with Crippen LogP contribution in [0.25, 0.3) is 5.78 Å². The zero-order valence-electron chi connectivity index (χ0n) is 6.66. The Labute approximate surface area is 78.6 Å². The minimum Gasteiger partial charge on any atom is -0.290 e. The lowest BCUT2D eigenvalue weighted by atomic mass is 10.3. The van der Waals surface area contributed by atoms with Crippen LogP contribution in [-0.2, 0) is 6.42 Å². The second kappa shape index (κ2) is 2.86. The Morgan fingerprint density at radius 1 is 1.58 bits per heavy atom. The molecule has 0 saturated heterocycles. The summed E-state index contributed by atoms with van der Waals surface area (Å²) in [5.41, 5.74) is 1.05. The van der Waals surface area contributed by atoms with Crippen molar-refractivity contribution >= 4 is 21.7 Å². The highest BCUT2D eigenvalue weighted by molar-refractivity contribution is 9.10. The van der Waals surface area contributed by atoms with Crippen LogP contribution in [0.2, 0.25) is 0 Å². The molecule has 0 unspecified atom stereocenters. The maximum Gasteiger partial charge on any atom is 0.233 e. The van der Waals surface area contributed by atoms with Gasteiger partial charge in [-0.25, -0.2) is 9.97 Å². The van der Waals surface area contributed by atoms with Crippen LogP contribution >= 0.6 is 15.9 Å². The van der Waals surface area contributed by atoms with Crippen molar-refractivity contribution in [2.75, 3.05) is 0 Å². The average molecular weight is 226 g/mol. The first-order chi connectivity index (χ1) is 5.81. The second-order valence-corrected chi connectivity index (χ2v) is 3.38. The minimum atomic E-state index is 0.759. The van der Waals surface area contributed by atoms with E-state index in [0.717, 1.165) is 22.4 Å². The molecule has 0 radical (unpaired) electrons. The first-order valence-electron chi connectivity index (χ1n) is 3.79. The Hall–Kier alpha value is -0.900. The molecule has 0 fully saturated rings. The van der Waals surface area contributed by atoms with Crippen LogP contribution < -0.4 is 0 Å². The van der Waals surface area contributed by atoms with Gasteiger partial charge in [-0.05, 0) is 22.4 Å². The molecular formula is C8H8BrN3. The van der Waals surface area contributed by atoms with Crippen LogP contribution in [-0.4, -0.2) is 14.4 Å². The van der Waals surface area contributed by atoms with Crippen molar-refractivity contribution in [3.05, 3.63) is 28.8 Å². The summed E-state index contributed by atoms with van der Waals surface area (Å²) in [4.78, 5) is 8.46. The normalized spacial score (nSPS) is 10.8. The number of rotatable bonds is 1. The molecule has 0 amide bonds. The molecular weight excluding hydrogens is 218 g/mol. The fraction of sp³-hybridized carbons (Fsp3) is 0.250. The molecule has 0 N–H and O–H groups in total. The number of imidazole rings is 1. The number of nitrogens with zero attached hydrogens (tertiary/aromatic N) is 3. The molecule has 0 aliphatic rings. The topological polar surface area (TPSA) is 30.2 Å². The Bertz CT molecular complexity index is 408. The summed E-state index contributed by atoms with van der Waals surface area (Å²) in [6.07, 6.45) is 6.53. The molecule has 2 aromatic heterocycles. The highest BCUT2D eigenvalue weighted by atomic mass is 79.9. The van der Waals surface area contributed by atoms with E-state index in [0.29, 0.717) is 0 Å². The van der Waals surface area contributed by atoms with Gasteiger partial charge in [-0.2, -0.15) is 0 Å². The molecule has 62 valence electrons. The molecule has 3 nitrogen and oxygen atoms in total. The number of fused-ring (bicyclic) bond motifs is 1. The lowest BCUT2D eigenvalue weighted by Gasteiger charge is -2.00. The lowest BCUT2D eigenvalue weighted by molar-refractivity contribution is 0.978. The molecule has 0 aliphatic heterocycles. The maximum absolute atomic E-state index is 4.36. The fourth-order valence-corrected chi connectivity index (χ4v) is 1.70. The van der Waals surface area contributed by atoms with E-state index in [-0.39, 0.29) is 0 Å². The molecule has 0 atom stereocenters. The monoisotopic (exact) mass is 225 g/mol. The SMILES string of the molecule is CCc1nc2nccn2cc1Br. The predicted octanol–water partition coefficient (Wildman–Crippen LogP) is 2.05. The van der Waals surface area contributed by atoms with Gasteiger partial charge in [0.05, 0.1) is 10.2 Å². The highest BCUT2D eigenvalue weighted by Crippen LogP contribution is 2.15. The third kappa shape index (κ3) is 1.12. The standard InChI is InChI=1S/C8H8BrN3/c1-2-7-6(9)5-12-4-3-10-8(12)11-7/h3-5H,2H2,1H3. The van der Waals surface area contributed by atoms with Crippen LogP contribution in [0.3, 0.4) is 0 Å². The smallest absolute Gasteiger partial charge is 0.233 e. The van der Waals surface area contributed by atoms with Gasteiger partial charge >= 0.3 is 0 Å². The van der Waals surface area contributed by atoms with Gasteiger partial charge in [-0.1, -0.05) is 6.92 Å². The summed E-state index contributed by atoms with van der Waals surface area (Å²) >= 11 is 3.45. The van der Waals surface area contributed by atoms with Crippen LogP contribution in [0.4, 0.5) is 0 Å². The Morgan fingerprint density at radius 2 is 2.42 bits per heavy atom. The molecule has 0 aliphatic carbocycles. The Balaban J connectivity index is 2.73. The third-order valence-corrected chi connectivity index (χ3v) is 2.41. The van der Waals surface area contributed by atoms with E-state index >= 15 is 0 Å². The quantitative estimate of drug-likeness (QED) is 0.744. The maximum atomic E-state index is 4.36. The van der Waals surface area contributed by atoms with Gasteiger partial charge in [0.15, 0.2) is 0 Å². The molecule has 4 heteroatoms. The van der Waals surface area contributed by atoms with Crippen molar-refractivity contribution in [1.29, 1.82) is 0 Å². The van der Waals surface area contributed by atoms with Gasteiger partial charge in [0, 0.05) is 18.6 Å². The molecule has 0 saturated carbocycles. The summed E-state index contributed by atoms with van der Waals surface area (Å²) in [6, 6.07) is 0. The predicted molar refractivity (Wildman–Crippen MR) is 50.1 cm³/mol. The summed E-state index contributed by atoms with van der Waals surface area (Å²) < 4.78 is 2.93. The van der Waals surface area contributed by atoms with E-state index in [1.165, 1.54) is 0 Å². The van der Waals surface area contributed by atoms with Crippen LogP contribution in [0, 0.1) is 0 Å². The number of aryl methyl sites for hydroxylation is 1. The summed E-state index contributed by atoms with van der Waals surface area (Å²) in [6.45, 7) is 2.08. The molecule has 2 aromatic rings. The van der Waals surface area contributed by atoms with E-state index < -0.39 is 0 Å². The molecule has 12 heavy (non-hydrogen) atoms. The fourth-order valence-electron chi connectivity index (χ4n) is 1.11. The van der Waals surface area contributed by atoms with Crippen molar-refractivity contribution < 1.29 is 0 Å². The third-order valence-electron chi connectivity index (χ3n) is 1.75. The second-order valence-electron chi connectivity index (χ2n) is 2.52. The summed E-state index contributed by atoms with van der Waals surface area (Å²) in [7, 11) is 0. The number of halogens is 1. The van der Waals surface area contributed by atoms with Crippen LogP contribution in [0.1, 0.15) is 12.6 Å². The van der Waals surface area contributed by atoms with Gasteiger partial charge in [-0.3, -0.25) is 4.40 Å². The molecule has 2 rings (SSSR count). The van der Waals surface area contributed by atoms with E-state index in [1.807, 2.05) is 16.8 Å². The van der Waals surface area contributed by atoms with Crippen molar-refractivity contribution in [1.82, 2.24) is 14.4 Å². The van der Waals surface area contributed by atoms with Gasteiger partial charge in [0.25, 0.3) is 0 Å². The van der Waals surface area contributed by atoms with Crippen LogP contribution in [0.15, 0.2) is 23.1 Å². The molecule has 0 aromatic carbocycles. The summed E-state index contributed by atoms with van der Waals surface area (Å²) in [5, 5.41) is 0. The average Bonchev–Trinajstić information content (AvgIpc) is 2.49. The van der Waals surface area contributed by atoms with Crippen molar-refractivity contribution in [3.8, 4) is 0 Å². The first-order valence-corrected chi connectivity index (χ1v) is 4.58. The first kappa shape index (κ1) is 7.73. The minimum absolute atomic E-state index is 0.759. The zero-order valence-corrected chi connectivity index (χ0v) is 8.24. The van der Waals surface area contributed by atoms with Gasteiger partial charge in [0.2, 0.25) is 5.78 Å². The molecule has 0 bridgehead atoms. The zero-order chi connectivity index (χ0) is 8.55. The van der Waals surface area contributed by atoms with E-state index in [1.54, 1.807) is 6.20 Å². The Morgan fingerprint density at radius 3 is 3.17 bits per heavy atom. The van der Waals surface area contributed by atoms with Gasteiger partial charge in [-0.15, -0.1) is 0 Å². The van der Waals surface area contributed by atoms with Gasteiger partial charge in [0.1, 0.15) is 0 Å². The highest BCUT2D eigenvalue weighted by Gasteiger charge is 2.02. The number of hydrogen-bond donors (Lipinski definition) is 0. The van der Waals surface area contributed by atoms with Crippen LogP contribution in [0.5, 0.6) is 0 Å². The van der Waals surface area contributed by atoms with E-state index in [2.05, 4.69) is 32.8 Å². The van der Waals surface area contributed by atoms with E-state index in [9.17, 15) is 0 Å². The van der Waals surface area contributed by atoms with Crippen molar-refractivity contribution in [2.24, 2.45) is 0 Å².